The van der Waals surface area contributed by atoms with E-state index in [9.17, 15) is 18.3 Å². The van der Waals surface area contributed by atoms with Gasteiger partial charge in [-0.3, -0.25) is 0 Å². The van der Waals surface area contributed by atoms with E-state index in [-0.39, 0.29) is 29.3 Å². The summed E-state index contributed by atoms with van der Waals surface area (Å²) in [5.41, 5.74) is 2.98. The molecule has 0 aliphatic heterocycles. The van der Waals surface area contributed by atoms with Gasteiger partial charge in [-0.2, -0.15) is 13.2 Å². The molecule has 1 nitrogen and oxygen atoms in total. The van der Waals surface area contributed by atoms with E-state index in [1.54, 1.807) is 0 Å². The molecular formula is C22H31F3O. The van der Waals surface area contributed by atoms with Crippen LogP contribution in [0.3, 0.4) is 0 Å². The Hall–Kier alpha value is -0.730. The van der Waals surface area contributed by atoms with Crippen LogP contribution < -0.4 is 0 Å². The molecule has 4 aliphatic rings. The largest absolute Gasteiger partial charge is 0.396 e. The zero-order chi connectivity index (χ0) is 18.9. The Morgan fingerprint density at radius 1 is 1.04 bits per heavy atom. The fourth-order valence-corrected chi connectivity index (χ4v) is 7.72. The lowest BCUT2D eigenvalue weighted by Gasteiger charge is -2.60. The van der Waals surface area contributed by atoms with Crippen molar-refractivity contribution in [1.29, 1.82) is 0 Å². The topological polar surface area (TPSA) is 20.2 Å². The SMILES string of the molecule is C=C=C1C(C(F)(F)F)CC2C3CCC4CC(O)CC[C@]4(C)C3CC[C@]12C. The van der Waals surface area contributed by atoms with Gasteiger partial charge in [-0.1, -0.05) is 20.4 Å². The number of aliphatic hydroxyl groups is 1. The van der Waals surface area contributed by atoms with Gasteiger partial charge >= 0.3 is 6.18 Å². The summed E-state index contributed by atoms with van der Waals surface area (Å²) in [6.45, 7) is 8.06. The Labute approximate surface area is 154 Å². The summed E-state index contributed by atoms with van der Waals surface area (Å²) in [6, 6.07) is 0. The molecule has 8 atom stereocenters. The lowest BCUT2D eigenvalue weighted by Crippen LogP contribution is -2.53. The number of hydrogen-bond donors (Lipinski definition) is 1. The smallest absolute Gasteiger partial charge is 0.393 e. The number of hydrogen-bond acceptors (Lipinski definition) is 1. The van der Waals surface area contributed by atoms with Crippen molar-refractivity contribution in [2.45, 2.75) is 77.5 Å². The number of rotatable bonds is 0. The minimum Gasteiger partial charge on any atom is -0.393 e. The minimum atomic E-state index is -4.19. The summed E-state index contributed by atoms with van der Waals surface area (Å²) in [5.74, 6) is 0.158. The van der Waals surface area contributed by atoms with Crippen LogP contribution in [0.2, 0.25) is 0 Å². The molecule has 0 radical (unpaired) electrons. The van der Waals surface area contributed by atoms with Crippen molar-refractivity contribution in [3.8, 4) is 0 Å². The molecule has 0 aromatic heterocycles. The first-order valence-corrected chi connectivity index (χ1v) is 10.3. The standard InChI is InChI=1S/C22H31F3O/c1-4-16-19(22(23,24)25)12-18-15-6-5-13-11-14(26)7-9-20(13,2)17(15)8-10-21(16,18)3/h13-15,17-19,26H,1,5-12H2,2-3H3/t13?,14?,15?,17?,18?,19?,20-,21+/m0/s1. The van der Waals surface area contributed by atoms with Gasteiger partial charge < -0.3 is 5.11 Å². The molecule has 0 aromatic carbocycles. The molecule has 26 heavy (non-hydrogen) atoms. The number of aliphatic hydroxyl groups excluding tert-OH is 1. The van der Waals surface area contributed by atoms with Crippen LogP contribution in [0.1, 0.15) is 65.2 Å². The molecule has 0 bridgehead atoms. The zero-order valence-corrected chi connectivity index (χ0v) is 15.9. The van der Waals surface area contributed by atoms with Crippen LogP contribution >= 0.6 is 0 Å². The minimum absolute atomic E-state index is 0.0988. The summed E-state index contributed by atoms with van der Waals surface area (Å²) in [5, 5.41) is 10.1. The average molecular weight is 368 g/mol. The lowest BCUT2D eigenvalue weighted by molar-refractivity contribution is -0.165. The van der Waals surface area contributed by atoms with Crippen LogP contribution in [0.4, 0.5) is 13.2 Å². The molecule has 4 aliphatic carbocycles. The highest BCUT2D eigenvalue weighted by molar-refractivity contribution is 5.27. The number of allylic oxidation sites excluding steroid dienone is 1. The molecular weight excluding hydrogens is 337 g/mol. The first kappa shape index (κ1) is 18.6. The van der Waals surface area contributed by atoms with E-state index in [1.165, 1.54) is 0 Å². The second-order valence-electron chi connectivity index (χ2n) is 9.96. The highest BCUT2D eigenvalue weighted by atomic mass is 19.4. The Balaban J connectivity index is 1.67. The van der Waals surface area contributed by atoms with E-state index in [4.69, 9.17) is 0 Å². The molecule has 1 N–H and O–H groups in total. The maximum Gasteiger partial charge on any atom is 0.396 e. The number of alkyl halides is 3. The first-order valence-electron chi connectivity index (χ1n) is 10.3. The molecule has 4 fully saturated rings. The van der Waals surface area contributed by atoms with Gasteiger partial charge in [-0.25, -0.2) is 0 Å². The summed E-state index contributed by atoms with van der Waals surface area (Å²) in [7, 11) is 0. The van der Waals surface area contributed by atoms with Gasteiger partial charge in [0, 0.05) is 0 Å². The van der Waals surface area contributed by atoms with E-state index >= 15 is 0 Å². The van der Waals surface area contributed by atoms with Gasteiger partial charge in [0.1, 0.15) is 0 Å². The van der Waals surface area contributed by atoms with Crippen LogP contribution in [-0.4, -0.2) is 17.4 Å². The lowest BCUT2D eigenvalue weighted by atomic mass is 9.45. The summed E-state index contributed by atoms with van der Waals surface area (Å²) in [6.07, 6.45) is 2.52. The third kappa shape index (κ3) is 2.48. The Kier molecular flexibility index (Phi) is 4.21. The third-order valence-corrected chi connectivity index (χ3v) is 9.07. The van der Waals surface area contributed by atoms with Gasteiger partial charge in [0.05, 0.1) is 12.0 Å². The summed E-state index contributed by atoms with van der Waals surface area (Å²) in [4.78, 5) is 0. The fourth-order valence-electron chi connectivity index (χ4n) is 7.72. The predicted octanol–water partition coefficient (Wildman–Crippen LogP) is 5.89. The highest BCUT2D eigenvalue weighted by Gasteiger charge is 2.64. The quantitative estimate of drug-likeness (QED) is 0.529. The molecule has 4 heteroatoms. The van der Waals surface area contributed by atoms with Gasteiger partial charge in [0.2, 0.25) is 0 Å². The molecule has 146 valence electrons. The molecule has 0 aromatic rings. The van der Waals surface area contributed by atoms with Crippen molar-refractivity contribution in [2.75, 3.05) is 0 Å². The number of fused-ring (bicyclic) bond motifs is 5. The predicted molar refractivity (Wildman–Crippen MR) is 95.3 cm³/mol. The fraction of sp³-hybridized carbons (Fsp3) is 0.864. The van der Waals surface area contributed by atoms with Crippen molar-refractivity contribution in [1.82, 2.24) is 0 Å². The van der Waals surface area contributed by atoms with Crippen LogP contribution in [0.15, 0.2) is 17.9 Å². The van der Waals surface area contributed by atoms with E-state index < -0.39 is 12.1 Å². The molecule has 0 heterocycles. The molecule has 0 saturated heterocycles. The highest BCUT2D eigenvalue weighted by Crippen LogP contribution is 2.69. The van der Waals surface area contributed by atoms with Crippen molar-refractivity contribution in [2.24, 2.45) is 40.4 Å². The molecule has 6 unspecified atom stereocenters. The van der Waals surface area contributed by atoms with Gasteiger partial charge in [0.15, 0.2) is 0 Å². The van der Waals surface area contributed by atoms with Crippen LogP contribution in [0, 0.1) is 40.4 Å². The van der Waals surface area contributed by atoms with Crippen LogP contribution in [0.25, 0.3) is 0 Å². The Bertz CT molecular complexity index is 634. The van der Waals surface area contributed by atoms with Crippen molar-refractivity contribution in [3.63, 3.8) is 0 Å². The van der Waals surface area contributed by atoms with Gasteiger partial charge in [-0.05, 0) is 91.4 Å². The number of halogens is 3. The van der Waals surface area contributed by atoms with E-state index in [0.29, 0.717) is 23.3 Å². The van der Waals surface area contributed by atoms with Crippen LogP contribution in [0.5, 0.6) is 0 Å². The Morgan fingerprint density at radius 3 is 2.42 bits per heavy atom. The van der Waals surface area contributed by atoms with E-state index in [2.05, 4.69) is 19.2 Å². The maximum atomic E-state index is 13.7. The first-order chi connectivity index (χ1) is 12.1. The second kappa shape index (κ2) is 5.88. The van der Waals surface area contributed by atoms with Gasteiger partial charge in [0.25, 0.3) is 0 Å². The normalized spacial score (nSPS) is 51.2. The van der Waals surface area contributed by atoms with E-state index in [0.717, 1.165) is 44.9 Å². The second-order valence-corrected chi connectivity index (χ2v) is 9.96. The van der Waals surface area contributed by atoms with Crippen molar-refractivity contribution in [3.05, 3.63) is 17.9 Å². The van der Waals surface area contributed by atoms with Crippen molar-refractivity contribution >= 4 is 0 Å². The summed E-state index contributed by atoms with van der Waals surface area (Å²) >= 11 is 0. The molecule has 4 rings (SSSR count). The third-order valence-electron chi connectivity index (χ3n) is 9.07. The summed E-state index contributed by atoms with van der Waals surface area (Å²) < 4.78 is 41.1. The maximum absolute atomic E-state index is 13.7. The van der Waals surface area contributed by atoms with Gasteiger partial charge in [-0.15, -0.1) is 5.73 Å². The van der Waals surface area contributed by atoms with E-state index in [1.807, 2.05) is 6.92 Å². The monoisotopic (exact) mass is 368 g/mol. The van der Waals surface area contributed by atoms with Crippen molar-refractivity contribution < 1.29 is 18.3 Å². The molecule has 0 spiro atoms. The molecule has 0 amide bonds. The zero-order valence-electron chi connectivity index (χ0n) is 15.9. The van der Waals surface area contributed by atoms with Crippen LogP contribution in [-0.2, 0) is 0 Å². The Morgan fingerprint density at radius 2 is 1.77 bits per heavy atom. The average Bonchev–Trinajstić information content (AvgIpc) is 2.88. The molecule has 4 saturated carbocycles.